The predicted octanol–water partition coefficient (Wildman–Crippen LogP) is 2.09. The van der Waals surface area contributed by atoms with Crippen LogP contribution in [0, 0.1) is 0 Å². The summed E-state index contributed by atoms with van der Waals surface area (Å²) in [4.78, 5) is 10.9. The average Bonchev–Trinajstić information content (AvgIpc) is 1.99. The van der Waals surface area contributed by atoms with Crippen molar-refractivity contribution in [2.75, 3.05) is 0 Å². The maximum atomic E-state index is 5.48. The summed E-state index contributed by atoms with van der Waals surface area (Å²) in [6.45, 7) is 1.80. The van der Waals surface area contributed by atoms with Gasteiger partial charge in [0.25, 0.3) is 0 Å². The van der Waals surface area contributed by atoms with Gasteiger partial charge in [0.05, 0.1) is 6.26 Å². The highest BCUT2D eigenvalue weighted by Gasteiger charge is 2.01. The molecule has 0 spiro atoms. The first kappa shape index (κ1) is 9.22. The van der Waals surface area contributed by atoms with E-state index in [0.717, 1.165) is 0 Å². The summed E-state index contributed by atoms with van der Waals surface area (Å²) in [5.74, 6) is 0. The van der Waals surface area contributed by atoms with Crippen LogP contribution in [0.2, 0.25) is 10.6 Å². The standard InChI is InChI=1S/C6H5Cl2N3O/c1-2-3-12-6-10-4(7)9-5(8)11-6/h2-3H,1H3. The molecule has 0 aromatic carbocycles. The molecule has 0 radical (unpaired) electrons. The molecule has 1 heterocycles. The Morgan fingerprint density at radius 3 is 2.25 bits per heavy atom. The van der Waals surface area contributed by atoms with Crippen LogP contribution < -0.4 is 4.74 Å². The molecule has 12 heavy (non-hydrogen) atoms. The Kier molecular flexibility index (Phi) is 3.25. The molecule has 0 unspecified atom stereocenters. The number of allylic oxidation sites excluding steroid dienone is 1. The van der Waals surface area contributed by atoms with E-state index in [0.29, 0.717) is 0 Å². The Bertz CT molecular complexity index is 283. The second kappa shape index (κ2) is 4.23. The van der Waals surface area contributed by atoms with E-state index in [9.17, 15) is 0 Å². The van der Waals surface area contributed by atoms with Gasteiger partial charge in [0.2, 0.25) is 10.6 Å². The molecule has 0 saturated carbocycles. The van der Waals surface area contributed by atoms with Crippen molar-refractivity contribution in [2.24, 2.45) is 0 Å². The van der Waals surface area contributed by atoms with Crippen LogP contribution in [0.5, 0.6) is 6.01 Å². The maximum Gasteiger partial charge on any atom is 0.327 e. The van der Waals surface area contributed by atoms with Crippen LogP contribution in [0.25, 0.3) is 0 Å². The van der Waals surface area contributed by atoms with Crippen LogP contribution in [-0.4, -0.2) is 15.0 Å². The van der Waals surface area contributed by atoms with Gasteiger partial charge in [-0.05, 0) is 30.1 Å². The molecule has 0 saturated heterocycles. The molecular weight excluding hydrogens is 201 g/mol. The molecule has 0 N–H and O–H groups in total. The van der Waals surface area contributed by atoms with Gasteiger partial charge >= 0.3 is 6.01 Å². The topological polar surface area (TPSA) is 47.9 Å². The van der Waals surface area contributed by atoms with Crippen LogP contribution in [0.15, 0.2) is 12.3 Å². The molecule has 4 nitrogen and oxygen atoms in total. The molecule has 0 amide bonds. The van der Waals surface area contributed by atoms with Gasteiger partial charge in [-0.15, -0.1) is 0 Å². The lowest BCUT2D eigenvalue weighted by molar-refractivity contribution is 0.437. The van der Waals surface area contributed by atoms with E-state index < -0.39 is 0 Å². The fourth-order valence-electron chi connectivity index (χ4n) is 0.491. The number of nitrogens with zero attached hydrogens (tertiary/aromatic N) is 3. The number of rotatable bonds is 2. The quantitative estimate of drug-likeness (QED) is 0.695. The highest BCUT2D eigenvalue weighted by Crippen LogP contribution is 2.11. The summed E-state index contributed by atoms with van der Waals surface area (Å²) in [5, 5.41) is 0.0176. The van der Waals surface area contributed by atoms with Crippen LogP contribution in [0.4, 0.5) is 0 Å². The van der Waals surface area contributed by atoms with Crippen molar-refractivity contribution in [3.05, 3.63) is 22.9 Å². The van der Waals surface area contributed by atoms with Crippen LogP contribution in [0.1, 0.15) is 6.92 Å². The lowest BCUT2D eigenvalue weighted by Gasteiger charge is -1.96. The van der Waals surface area contributed by atoms with Crippen molar-refractivity contribution < 1.29 is 4.74 Å². The van der Waals surface area contributed by atoms with Crippen molar-refractivity contribution in [1.29, 1.82) is 0 Å². The number of hydrogen-bond acceptors (Lipinski definition) is 4. The van der Waals surface area contributed by atoms with E-state index >= 15 is 0 Å². The molecule has 64 valence electrons. The lowest BCUT2D eigenvalue weighted by Crippen LogP contribution is -1.94. The molecule has 0 atom stereocenters. The van der Waals surface area contributed by atoms with Crippen LogP contribution in [0.3, 0.4) is 0 Å². The van der Waals surface area contributed by atoms with Gasteiger partial charge < -0.3 is 4.74 Å². The number of halogens is 2. The molecule has 1 aromatic rings. The Morgan fingerprint density at radius 2 is 1.75 bits per heavy atom. The van der Waals surface area contributed by atoms with Gasteiger partial charge in [0.1, 0.15) is 0 Å². The second-order valence-electron chi connectivity index (χ2n) is 1.74. The monoisotopic (exact) mass is 205 g/mol. The van der Waals surface area contributed by atoms with Gasteiger partial charge in [-0.1, -0.05) is 6.08 Å². The van der Waals surface area contributed by atoms with E-state index in [-0.39, 0.29) is 16.6 Å². The molecule has 0 fully saturated rings. The average molecular weight is 206 g/mol. The number of ether oxygens (including phenoxy) is 1. The molecule has 0 bridgehead atoms. The SMILES string of the molecule is CC=COc1nc(Cl)nc(Cl)n1. The zero-order valence-corrected chi connectivity index (χ0v) is 7.67. The summed E-state index contributed by atoms with van der Waals surface area (Å²) < 4.78 is 4.91. The lowest BCUT2D eigenvalue weighted by atomic mass is 10.7. The first-order valence-electron chi connectivity index (χ1n) is 3.07. The van der Waals surface area contributed by atoms with Gasteiger partial charge in [-0.2, -0.15) is 15.0 Å². The van der Waals surface area contributed by atoms with Crippen molar-refractivity contribution in [1.82, 2.24) is 15.0 Å². The maximum absolute atomic E-state index is 5.48. The number of aromatic nitrogens is 3. The molecule has 1 rings (SSSR count). The summed E-state index contributed by atoms with van der Waals surface area (Å²) in [6, 6.07) is 0.0816. The summed E-state index contributed by atoms with van der Waals surface area (Å²) in [7, 11) is 0. The minimum atomic E-state index is 0.00880. The summed E-state index contributed by atoms with van der Waals surface area (Å²) in [6.07, 6.45) is 3.10. The third-order valence-electron chi connectivity index (χ3n) is 0.870. The molecule has 1 aromatic heterocycles. The van der Waals surface area contributed by atoms with Crippen LogP contribution in [-0.2, 0) is 0 Å². The first-order chi connectivity index (χ1) is 5.72. The Morgan fingerprint density at radius 1 is 1.17 bits per heavy atom. The van der Waals surface area contributed by atoms with Gasteiger partial charge in [0, 0.05) is 0 Å². The minimum Gasteiger partial charge on any atom is -0.432 e. The van der Waals surface area contributed by atoms with Gasteiger partial charge in [-0.3, -0.25) is 0 Å². The fourth-order valence-corrected chi connectivity index (χ4v) is 0.839. The fraction of sp³-hybridized carbons (Fsp3) is 0.167. The Labute approximate surface area is 79.2 Å². The van der Waals surface area contributed by atoms with Crippen molar-refractivity contribution in [2.45, 2.75) is 6.92 Å². The molecule has 6 heteroatoms. The Hall–Kier alpha value is -0.870. The predicted molar refractivity (Wildman–Crippen MR) is 45.3 cm³/mol. The summed E-state index contributed by atoms with van der Waals surface area (Å²) >= 11 is 11.0. The molecule has 0 aliphatic carbocycles. The normalized spacial score (nSPS) is 10.6. The minimum absolute atomic E-state index is 0.00880. The summed E-state index contributed by atoms with van der Waals surface area (Å²) in [5.41, 5.74) is 0. The van der Waals surface area contributed by atoms with Gasteiger partial charge in [0.15, 0.2) is 0 Å². The van der Waals surface area contributed by atoms with E-state index in [1.165, 1.54) is 6.26 Å². The highest BCUT2D eigenvalue weighted by atomic mass is 35.5. The van der Waals surface area contributed by atoms with Crippen LogP contribution >= 0.6 is 23.2 Å². The van der Waals surface area contributed by atoms with E-state index in [1.54, 1.807) is 13.0 Å². The second-order valence-corrected chi connectivity index (χ2v) is 2.42. The van der Waals surface area contributed by atoms with Crippen molar-refractivity contribution >= 4 is 23.2 Å². The Balaban J connectivity index is 2.85. The molecule has 0 aliphatic heterocycles. The largest absolute Gasteiger partial charge is 0.432 e. The smallest absolute Gasteiger partial charge is 0.327 e. The third kappa shape index (κ3) is 2.64. The highest BCUT2D eigenvalue weighted by molar-refractivity contribution is 6.31. The van der Waals surface area contributed by atoms with Crippen molar-refractivity contribution in [3.63, 3.8) is 0 Å². The van der Waals surface area contributed by atoms with E-state index in [2.05, 4.69) is 15.0 Å². The zero-order valence-electron chi connectivity index (χ0n) is 6.16. The third-order valence-corrected chi connectivity index (χ3v) is 1.21. The molecule has 0 aliphatic rings. The van der Waals surface area contributed by atoms with Crippen molar-refractivity contribution in [3.8, 4) is 6.01 Å². The number of hydrogen-bond donors (Lipinski definition) is 0. The van der Waals surface area contributed by atoms with E-state index in [1.807, 2.05) is 0 Å². The van der Waals surface area contributed by atoms with Gasteiger partial charge in [-0.25, -0.2) is 0 Å². The van der Waals surface area contributed by atoms with E-state index in [4.69, 9.17) is 27.9 Å². The zero-order chi connectivity index (χ0) is 8.97. The first-order valence-corrected chi connectivity index (χ1v) is 3.83. The molecular formula is C6H5Cl2N3O.